The molecular formula is C15H26N4S2. The van der Waals surface area contributed by atoms with Crippen LogP contribution in [-0.4, -0.2) is 34.5 Å². The predicted octanol–water partition coefficient (Wildman–Crippen LogP) is 3.10. The summed E-state index contributed by atoms with van der Waals surface area (Å²) in [4.78, 5) is 10.5. The van der Waals surface area contributed by atoms with Crippen molar-refractivity contribution in [2.75, 3.05) is 18.8 Å². The molecule has 118 valence electrons. The third kappa shape index (κ3) is 4.88. The molecule has 2 rings (SSSR count). The summed E-state index contributed by atoms with van der Waals surface area (Å²) in [6, 6.07) is 0. The maximum Gasteiger partial charge on any atom is 0.191 e. The van der Waals surface area contributed by atoms with Crippen molar-refractivity contribution < 1.29 is 0 Å². The quantitative estimate of drug-likeness (QED) is 0.645. The Kier molecular flexibility index (Phi) is 5.93. The Bertz CT molecular complexity index is 470. The van der Waals surface area contributed by atoms with E-state index in [2.05, 4.69) is 60.1 Å². The van der Waals surface area contributed by atoms with Crippen LogP contribution in [0, 0.1) is 13.8 Å². The number of nitrogens with one attached hydrogen (secondary N) is 2. The molecule has 0 bridgehead atoms. The smallest absolute Gasteiger partial charge is 0.191 e. The highest BCUT2D eigenvalue weighted by molar-refractivity contribution is 8.00. The minimum absolute atomic E-state index is 0.352. The molecule has 0 aromatic carbocycles. The van der Waals surface area contributed by atoms with Crippen LogP contribution >= 0.6 is 23.1 Å². The number of hydrogen-bond donors (Lipinski definition) is 2. The van der Waals surface area contributed by atoms with Crippen LogP contribution in [0.4, 0.5) is 0 Å². The molecule has 6 heteroatoms. The van der Waals surface area contributed by atoms with Crippen LogP contribution in [-0.2, 0) is 6.54 Å². The average Bonchev–Trinajstić information content (AvgIpc) is 3.01. The Morgan fingerprint density at radius 2 is 2.19 bits per heavy atom. The van der Waals surface area contributed by atoms with Gasteiger partial charge in [-0.25, -0.2) is 9.98 Å². The van der Waals surface area contributed by atoms with Gasteiger partial charge in [-0.05, 0) is 46.3 Å². The summed E-state index contributed by atoms with van der Waals surface area (Å²) in [5, 5.41) is 7.90. The molecule has 21 heavy (non-hydrogen) atoms. The molecule has 1 aliphatic rings. The van der Waals surface area contributed by atoms with Crippen molar-refractivity contribution in [1.29, 1.82) is 0 Å². The molecule has 1 atom stereocenters. The van der Waals surface area contributed by atoms with Crippen molar-refractivity contribution >= 4 is 29.1 Å². The van der Waals surface area contributed by atoms with Gasteiger partial charge in [-0.2, -0.15) is 11.8 Å². The van der Waals surface area contributed by atoms with Crippen molar-refractivity contribution in [1.82, 2.24) is 15.6 Å². The first-order valence-corrected chi connectivity index (χ1v) is 9.42. The van der Waals surface area contributed by atoms with Gasteiger partial charge in [0.25, 0.3) is 0 Å². The van der Waals surface area contributed by atoms with Gasteiger partial charge in [0.15, 0.2) is 5.96 Å². The Hall–Kier alpha value is -0.750. The second kappa shape index (κ2) is 7.49. The maximum absolute atomic E-state index is 4.66. The van der Waals surface area contributed by atoms with Gasteiger partial charge in [0.05, 0.1) is 12.2 Å². The predicted molar refractivity (Wildman–Crippen MR) is 94.5 cm³/mol. The molecule has 4 nitrogen and oxygen atoms in total. The first kappa shape index (κ1) is 16.6. The molecule has 1 saturated heterocycles. The maximum atomic E-state index is 4.66. The third-order valence-electron chi connectivity index (χ3n) is 3.72. The minimum atomic E-state index is 0.352. The Morgan fingerprint density at radius 3 is 2.76 bits per heavy atom. The summed E-state index contributed by atoms with van der Waals surface area (Å²) >= 11 is 3.81. The normalized spacial score (nSPS) is 22.6. The number of thioether (sulfide) groups is 1. The Labute approximate surface area is 136 Å². The highest BCUT2D eigenvalue weighted by atomic mass is 32.2. The van der Waals surface area contributed by atoms with Gasteiger partial charge in [0.2, 0.25) is 0 Å². The topological polar surface area (TPSA) is 49.3 Å². The molecule has 2 heterocycles. The standard InChI is InChI=1S/C15H26N4S2/c1-5-16-14(18-10-15(4)7-6-8-20-15)17-9-13-19-11(2)12(3)21-13/h5-10H2,1-4H3,(H2,16,17,18). The van der Waals surface area contributed by atoms with E-state index in [9.17, 15) is 0 Å². The van der Waals surface area contributed by atoms with E-state index in [0.29, 0.717) is 11.3 Å². The molecular weight excluding hydrogens is 300 g/mol. The van der Waals surface area contributed by atoms with Gasteiger partial charge in [-0.15, -0.1) is 11.3 Å². The van der Waals surface area contributed by atoms with E-state index in [1.54, 1.807) is 11.3 Å². The van der Waals surface area contributed by atoms with Crippen LogP contribution in [0.1, 0.15) is 42.3 Å². The lowest BCUT2D eigenvalue weighted by Crippen LogP contribution is -2.43. The highest BCUT2D eigenvalue weighted by Gasteiger charge is 2.29. The molecule has 0 amide bonds. The number of rotatable bonds is 5. The number of thiazole rings is 1. The Balaban J connectivity index is 1.92. The zero-order chi connectivity index (χ0) is 15.3. The van der Waals surface area contributed by atoms with Gasteiger partial charge in [0, 0.05) is 22.7 Å². The van der Waals surface area contributed by atoms with Crippen LogP contribution in [0.25, 0.3) is 0 Å². The summed E-state index contributed by atoms with van der Waals surface area (Å²) in [5.41, 5.74) is 1.12. The lowest BCUT2D eigenvalue weighted by molar-refractivity contribution is 0.584. The zero-order valence-electron chi connectivity index (χ0n) is 13.5. The fourth-order valence-electron chi connectivity index (χ4n) is 2.34. The van der Waals surface area contributed by atoms with Crippen LogP contribution in [0.3, 0.4) is 0 Å². The van der Waals surface area contributed by atoms with Gasteiger partial charge in [-0.1, -0.05) is 0 Å². The van der Waals surface area contributed by atoms with E-state index in [1.807, 2.05) is 0 Å². The monoisotopic (exact) mass is 326 g/mol. The van der Waals surface area contributed by atoms with E-state index in [0.717, 1.165) is 29.8 Å². The molecule has 0 spiro atoms. The molecule has 0 aliphatic carbocycles. The lowest BCUT2D eigenvalue weighted by Gasteiger charge is -2.24. The third-order valence-corrected chi connectivity index (χ3v) is 6.32. The van der Waals surface area contributed by atoms with E-state index in [-0.39, 0.29) is 0 Å². The first-order valence-electron chi connectivity index (χ1n) is 7.61. The summed E-state index contributed by atoms with van der Waals surface area (Å²) in [5.74, 6) is 2.18. The van der Waals surface area contributed by atoms with Gasteiger partial charge in [-0.3, -0.25) is 0 Å². The SMILES string of the molecule is CCNC(=NCc1nc(C)c(C)s1)NCC1(C)CCCS1. The average molecular weight is 327 g/mol. The van der Waals surface area contributed by atoms with Gasteiger partial charge in [0.1, 0.15) is 5.01 Å². The largest absolute Gasteiger partial charge is 0.357 e. The number of aromatic nitrogens is 1. The number of aryl methyl sites for hydroxylation is 2. The summed E-state index contributed by atoms with van der Waals surface area (Å²) < 4.78 is 0.352. The molecule has 1 aliphatic heterocycles. The molecule has 0 saturated carbocycles. The van der Waals surface area contributed by atoms with Crippen LogP contribution in [0.15, 0.2) is 4.99 Å². The number of guanidine groups is 1. The van der Waals surface area contributed by atoms with Crippen LogP contribution in [0.2, 0.25) is 0 Å². The molecule has 2 N–H and O–H groups in total. The minimum Gasteiger partial charge on any atom is -0.357 e. The van der Waals surface area contributed by atoms with Crippen molar-refractivity contribution in [3.05, 3.63) is 15.6 Å². The van der Waals surface area contributed by atoms with Crippen LogP contribution in [0.5, 0.6) is 0 Å². The lowest BCUT2D eigenvalue weighted by atomic mass is 10.1. The fourth-order valence-corrected chi connectivity index (χ4v) is 4.45. The van der Waals surface area contributed by atoms with E-state index in [1.165, 1.54) is 23.5 Å². The van der Waals surface area contributed by atoms with Crippen molar-refractivity contribution in [3.63, 3.8) is 0 Å². The van der Waals surface area contributed by atoms with Gasteiger partial charge < -0.3 is 10.6 Å². The second-order valence-corrected chi connectivity index (χ2v) is 8.67. The van der Waals surface area contributed by atoms with E-state index >= 15 is 0 Å². The first-order chi connectivity index (χ1) is 10.0. The molecule has 1 aromatic rings. The summed E-state index contributed by atoms with van der Waals surface area (Å²) in [6.45, 7) is 11.1. The number of aliphatic imine (C=N–C) groups is 1. The Morgan fingerprint density at radius 1 is 1.38 bits per heavy atom. The highest BCUT2D eigenvalue weighted by Crippen LogP contribution is 2.36. The second-order valence-electron chi connectivity index (χ2n) is 5.70. The fraction of sp³-hybridized carbons (Fsp3) is 0.733. The summed E-state index contributed by atoms with van der Waals surface area (Å²) in [7, 11) is 0. The zero-order valence-corrected chi connectivity index (χ0v) is 15.1. The van der Waals surface area contributed by atoms with Crippen molar-refractivity contribution in [3.8, 4) is 0 Å². The van der Waals surface area contributed by atoms with Crippen molar-refractivity contribution in [2.24, 2.45) is 4.99 Å². The van der Waals surface area contributed by atoms with Crippen molar-refractivity contribution in [2.45, 2.75) is 51.8 Å². The molecule has 0 radical (unpaired) electrons. The molecule has 1 aromatic heterocycles. The summed E-state index contributed by atoms with van der Waals surface area (Å²) in [6.07, 6.45) is 2.61. The van der Waals surface area contributed by atoms with E-state index < -0.39 is 0 Å². The number of nitrogens with zero attached hydrogens (tertiary/aromatic N) is 2. The van der Waals surface area contributed by atoms with Crippen LogP contribution < -0.4 is 10.6 Å². The molecule has 1 unspecified atom stereocenters. The van der Waals surface area contributed by atoms with E-state index in [4.69, 9.17) is 0 Å². The number of hydrogen-bond acceptors (Lipinski definition) is 4. The molecule has 1 fully saturated rings. The van der Waals surface area contributed by atoms with Gasteiger partial charge >= 0.3 is 0 Å².